The molecule has 1 aliphatic heterocycles. The summed E-state index contributed by atoms with van der Waals surface area (Å²) in [4.78, 5) is 2.56. The lowest BCUT2D eigenvalue weighted by Gasteiger charge is -2.16. The van der Waals surface area contributed by atoms with E-state index in [1.165, 1.54) is 39.0 Å². The van der Waals surface area contributed by atoms with Crippen LogP contribution in [-0.4, -0.2) is 50.8 Å². The number of likely N-dealkylation sites (tertiary alicyclic amines) is 1. The molecule has 0 saturated carbocycles. The lowest BCUT2D eigenvalue weighted by molar-refractivity contribution is 0.0718. The second kappa shape index (κ2) is 7.20. The molecule has 15 heavy (non-hydrogen) atoms. The summed E-state index contributed by atoms with van der Waals surface area (Å²) in [7, 11) is 2.04. The maximum Gasteiger partial charge on any atom is 0.0518 e. The second-order valence-corrected chi connectivity index (χ2v) is 4.79. The standard InChI is InChI=1S/C12H26N2O/c1-11(2)15-8-4-6-14-7-5-12(10-14)9-13-3/h11-13H,4-10H2,1-3H3. The smallest absolute Gasteiger partial charge is 0.0518 e. The summed E-state index contributed by atoms with van der Waals surface area (Å²) >= 11 is 0. The minimum absolute atomic E-state index is 0.376. The summed E-state index contributed by atoms with van der Waals surface area (Å²) in [5, 5.41) is 3.26. The molecule has 0 bridgehead atoms. The molecule has 1 rings (SSSR count). The Hall–Kier alpha value is -0.120. The Morgan fingerprint density at radius 1 is 1.47 bits per heavy atom. The highest BCUT2D eigenvalue weighted by Gasteiger charge is 2.20. The molecule has 1 unspecified atom stereocenters. The lowest BCUT2D eigenvalue weighted by atomic mass is 10.1. The van der Waals surface area contributed by atoms with E-state index >= 15 is 0 Å². The van der Waals surface area contributed by atoms with Gasteiger partial charge in [0, 0.05) is 19.7 Å². The van der Waals surface area contributed by atoms with Crippen molar-refractivity contribution in [2.45, 2.75) is 32.8 Å². The molecular formula is C12H26N2O. The van der Waals surface area contributed by atoms with Crippen LogP contribution in [0, 0.1) is 5.92 Å². The highest BCUT2D eigenvalue weighted by Crippen LogP contribution is 2.15. The average Bonchev–Trinajstić information content (AvgIpc) is 2.61. The van der Waals surface area contributed by atoms with Gasteiger partial charge in [0.1, 0.15) is 0 Å². The van der Waals surface area contributed by atoms with Crippen molar-refractivity contribution in [1.29, 1.82) is 0 Å². The Kier molecular flexibility index (Phi) is 6.22. The molecule has 90 valence electrons. The first-order valence-corrected chi connectivity index (χ1v) is 6.21. The van der Waals surface area contributed by atoms with E-state index in [9.17, 15) is 0 Å². The van der Waals surface area contributed by atoms with Crippen molar-refractivity contribution in [3.8, 4) is 0 Å². The molecule has 0 amide bonds. The van der Waals surface area contributed by atoms with E-state index in [4.69, 9.17) is 4.74 Å². The molecule has 1 heterocycles. The zero-order chi connectivity index (χ0) is 11.1. The zero-order valence-corrected chi connectivity index (χ0v) is 10.5. The first-order chi connectivity index (χ1) is 7.22. The van der Waals surface area contributed by atoms with Gasteiger partial charge in [-0.1, -0.05) is 0 Å². The highest BCUT2D eigenvalue weighted by molar-refractivity contribution is 4.76. The third-order valence-corrected chi connectivity index (χ3v) is 2.93. The zero-order valence-electron chi connectivity index (χ0n) is 10.5. The van der Waals surface area contributed by atoms with Gasteiger partial charge >= 0.3 is 0 Å². The number of hydrogen-bond donors (Lipinski definition) is 1. The molecule has 1 fully saturated rings. The van der Waals surface area contributed by atoms with E-state index in [2.05, 4.69) is 24.1 Å². The van der Waals surface area contributed by atoms with Gasteiger partial charge in [-0.3, -0.25) is 0 Å². The topological polar surface area (TPSA) is 24.5 Å². The molecule has 1 N–H and O–H groups in total. The maximum absolute atomic E-state index is 5.54. The summed E-state index contributed by atoms with van der Waals surface area (Å²) in [5.41, 5.74) is 0. The van der Waals surface area contributed by atoms with Crippen LogP contribution in [0.2, 0.25) is 0 Å². The minimum atomic E-state index is 0.376. The molecule has 1 atom stereocenters. The molecule has 0 spiro atoms. The Bertz CT molecular complexity index is 162. The van der Waals surface area contributed by atoms with Crippen LogP contribution in [0.4, 0.5) is 0 Å². The number of nitrogens with one attached hydrogen (secondary N) is 1. The molecule has 0 radical (unpaired) electrons. The summed E-state index contributed by atoms with van der Waals surface area (Å²) in [5.74, 6) is 0.862. The van der Waals surface area contributed by atoms with Gasteiger partial charge in [-0.05, 0) is 52.7 Å². The molecule has 0 aromatic rings. The summed E-state index contributed by atoms with van der Waals surface area (Å²) < 4.78 is 5.54. The SMILES string of the molecule is CNCC1CCN(CCCOC(C)C)C1. The fraction of sp³-hybridized carbons (Fsp3) is 1.00. The van der Waals surface area contributed by atoms with Gasteiger partial charge in [0.2, 0.25) is 0 Å². The Morgan fingerprint density at radius 3 is 2.93 bits per heavy atom. The van der Waals surface area contributed by atoms with Crippen LogP contribution >= 0.6 is 0 Å². The molecule has 3 nitrogen and oxygen atoms in total. The van der Waals surface area contributed by atoms with Crippen molar-refractivity contribution in [3.63, 3.8) is 0 Å². The highest BCUT2D eigenvalue weighted by atomic mass is 16.5. The predicted octanol–water partition coefficient (Wildman–Crippen LogP) is 1.34. The van der Waals surface area contributed by atoms with E-state index in [1.54, 1.807) is 0 Å². The molecule has 1 saturated heterocycles. The fourth-order valence-corrected chi connectivity index (χ4v) is 2.18. The Morgan fingerprint density at radius 2 is 2.27 bits per heavy atom. The number of hydrogen-bond acceptors (Lipinski definition) is 3. The van der Waals surface area contributed by atoms with Crippen LogP contribution in [-0.2, 0) is 4.74 Å². The normalized spacial score (nSPS) is 22.8. The van der Waals surface area contributed by atoms with Crippen molar-refractivity contribution in [3.05, 3.63) is 0 Å². The van der Waals surface area contributed by atoms with Gasteiger partial charge in [-0.2, -0.15) is 0 Å². The number of rotatable bonds is 7. The predicted molar refractivity (Wildman–Crippen MR) is 64.2 cm³/mol. The van der Waals surface area contributed by atoms with Crippen LogP contribution < -0.4 is 5.32 Å². The summed E-state index contributed by atoms with van der Waals surface area (Å²) in [6.45, 7) is 10.0. The first kappa shape index (κ1) is 12.9. The van der Waals surface area contributed by atoms with Gasteiger partial charge < -0.3 is 15.0 Å². The van der Waals surface area contributed by atoms with Crippen molar-refractivity contribution >= 4 is 0 Å². The van der Waals surface area contributed by atoms with Crippen LogP contribution in [0.3, 0.4) is 0 Å². The quantitative estimate of drug-likeness (QED) is 0.647. The van der Waals surface area contributed by atoms with Crippen molar-refractivity contribution in [2.24, 2.45) is 5.92 Å². The van der Waals surface area contributed by atoms with Crippen LogP contribution in [0.1, 0.15) is 26.7 Å². The molecule has 0 aliphatic carbocycles. The lowest BCUT2D eigenvalue weighted by Crippen LogP contribution is -2.26. The second-order valence-electron chi connectivity index (χ2n) is 4.79. The van der Waals surface area contributed by atoms with E-state index < -0.39 is 0 Å². The number of nitrogens with zero attached hydrogens (tertiary/aromatic N) is 1. The third-order valence-electron chi connectivity index (χ3n) is 2.93. The number of ether oxygens (including phenoxy) is 1. The van der Waals surface area contributed by atoms with Crippen LogP contribution in [0.25, 0.3) is 0 Å². The maximum atomic E-state index is 5.54. The molecule has 0 aromatic carbocycles. The Labute approximate surface area is 94.2 Å². The van der Waals surface area contributed by atoms with Gasteiger partial charge in [0.05, 0.1) is 6.10 Å². The van der Waals surface area contributed by atoms with E-state index in [0.717, 1.165) is 12.5 Å². The molecular weight excluding hydrogens is 188 g/mol. The monoisotopic (exact) mass is 214 g/mol. The summed E-state index contributed by atoms with van der Waals surface area (Å²) in [6.07, 6.45) is 2.90. The largest absolute Gasteiger partial charge is 0.379 e. The molecule has 1 aliphatic rings. The van der Waals surface area contributed by atoms with Crippen molar-refractivity contribution in [1.82, 2.24) is 10.2 Å². The van der Waals surface area contributed by atoms with Crippen LogP contribution in [0.5, 0.6) is 0 Å². The molecule has 0 aromatic heterocycles. The first-order valence-electron chi connectivity index (χ1n) is 6.21. The minimum Gasteiger partial charge on any atom is -0.379 e. The van der Waals surface area contributed by atoms with Gasteiger partial charge in [-0.15, -0.1) is 0 Å². The third kappa shape index (κ3) is 5.50. The van der Waals surface area contributed by atoms with Crippen LogP contribution in [0.15, 0.2) is 0 Å². The Balaban J connectivity index is 1.99. The average molecular weight is 214 g/mol. The summed E-state index contributed by atoms with van der Waals surface area (Å²) in [6, 6.07) is 0. The van der Waals surface area contributed by atoms with Gasteiger partial charge in [0.15, 0.2) is 0 Å². The van der Waals surface area contributed by atoms with Crippen molar-refractivity contribution < 1.29 is 4.74 Å². The van der Waals surface area contributed by atoms with E-state index in [-0.39, 0.29) is 0 Å². The van der Waals surface area contributed by atoms with Gasteiger partial charge in [-0.25, -0.2) is 0 Å². The molecule has 3 heteroatoms. The fourth-order valence-electron chi connectivity index (χ4n) is 2.18. The van der Waals surface area contributed by atoms with E-state index in [1.807, 2.05) is 7.05 Å². The van der Waals surface area contributed by atoms with E-state index in [0.29, 0.717) is 6.10 Å². The van der Waals surface area contributed by atoms with Gasteiger partial charge in [0.25, 0.3) is 0 Å². The van der Waals surface area contributed by atoms with Crippen molar-refractivity contribution in [2.75, 3.05) is 39.8 Å².